The number of benzene rings is 2. The average molecular weight is 454 g/mol. The number of alkyl halides is 3. The molecule has 1 saturated heterocycles. The molecule has 1 aliphatic rings. The van der Waals surface area contributed by atoms with Gasteiger partial charge in [-0.1, -0.05) is 18.2 Å². The highest BCUT2D eigenvalue weighted by molar-refractivity contribution is 6.51. The Balaban J connectivity index is 1.94. The molecular formula is C24H17F3N2O4. The normalized spacial score (nSPS) is 17.9. The lowest BCUT2D eigenvalue weighted by atomic mass is 9.95. The van der Waals surface area contributed by atoms with E-state index in [2.05, 4.69) is 4.98 Å². The average Bonchev–Trinajstić information content (AvgIpc) is 3.09. The van der Waals surface area contributed by atoms with Gasteiger partial charge in [-0.25, -0.2) is 0 Å². The minimum Gasteiger partial charge on any atom is -0.507 e. The van der Waals surface area contributed by atoms with Gasteiger partial charge in [0.05, 0.1) is 24.3 Å². The van der Waals surface area contributed by atoms with Crippen LogP contribution in [0.2, 0.25) is 0 Å². The van der Waals surface area contributed by atoms with Gasteiger partial charge in [-0.2, -0.15) is 13.2 Å². The fourth-order valence-corrected chi connectivity index (χ4v) is 3.70. The molecule has 0 radical (unpaired) electrons. The van der Waals surface area contributed by atoms with Gasteiger partial charge in [0.25, 0.3) is 11.7 Å². The van der Waals surface area contributed by atoms with Crippen molar-refractivity contribution in [3.8, 4) is 5.75 Å². The number of carbonyl (C=O) groups is 2. The van der Waals surface area contributed by atoms with E-state index in [0.717, 1.165) is 23.1 Å². The highest BCUT2D eigenvalue weighted by Gasteiger charge is 2.47. The van der Waals surface area contributed by atoms with Crippen molar-refractivity contribution in [2.24, 2.45) is 0 Å². The van der Waals surface area contributed by atoms with Crippen molar-refractivity contribution in [1.82, 2.24) is 4.98 Å². The molecule has 1 N–H and O–H groups in total. The van der Waals surface area contributed by atoms with Gasteiger partial charge in [0.15, 0.2) is 0 Å². The molecular weight excluding hydrogens is 437 g/mol. The highest BCUT2D eigenvalue weighted by atomic mass is 19.4. The zero-order valence-corrected chi connectivity index (χ0v) is 17.2. The van der Waals surface area contributed by atoms with Crippen LogP contribution < -0.4 is 9.64 Å². The van der Waals surface area contributed by atoms with Crippen LogP contribution in [0.15, 0.2) is 78.6 Å². The fraction of sp³-hybridized carbons (Fsp3) is 0.125. The third-order valence-electron chi connectivity index (χ3n) is 5.28. The van der Waals surface area contributed by atoms with Crippen LogP contribution in [0, 0.1) is 0 Å². The van der Waals surface area contributed by atoms with Crippen LogP contribution in [0.1, 0.15) is 22.7 Å². The number of pyridine rings is 1. The second-order valence-corrected chi connectivity index (χ2v) is 7.23. The predicted octanol–water partition coefficient (Wildman–Crippen LogP) is 4.74. The van der Waals surface area contributed by atoms with Gasteiger partial charge in [-0.15, -0.1) is 0 Å². The molecule has 1 atom stereocenters. The van der Waals surface area contributed by atoms with Crippen LogP contribution >= 0.6 is 0 Å². The molecule has 2 aromatic carbocycles. The van der Waals surface area contributed by atoms with Gasteiger partial charge >= 0.3 is 6.18 Å². The number of aromatic nitrogens is 1. The van der Waals surface area contributed by atoms with E-state index in [1.54, 1.807) is 24.3 Å². The van der Waals surface area contributed by atoms with Gasteiger partial charge in [0.2, 0.25) is 0 Å². The number of ether oxygens (including phenoxy) is 1. The van der Waals surface area contributed by atoms with E-state index in [4.69, 9.17) is 4.74 Å². The van der Waals surface area contributed by atoms with Crippen molar-refractivity contribution in [3.05, 3.63) is 95.3 Å². The van der Waals surface area contributed by atoms with Crippen molar-refractivity contribution in [2.75, 3.05) is 12.0 Å². The van der Waals surface area contributed by atoms with Crippen LogP contribution in [0.5, 0.6) is 5.75 Å². The Hall–Kier alpha value is -4.14. The number of nitrogens with zero attached hydrogens (tertiary/aromatic N) is 2. The third kappa shape index (κ3) is 4.05. The van der Waals surface area contributed by atoms with Crippen LogP contribution in [0.3, 0.4) is 0 Å². The smallest absolute Gasteiger partial charge is 0.416 e. The molecule has 3 aromatic rings. The summed E-state index contributed by atoms with van der Waals surface area (Å²) >= 11 is 0. The molecule has 0 bridgehead atoms. The van der Waals surface area contributed by atoms with E-state index >= 15 is 0 Å². The largest absolute Gasteiger partial charge is 0.507 e. The van der Waals surface area contributed by atoms with Crippen LogP contribution in [0.25, 0.3) is 5.76 Å². The van der Waals surface area contributed by atoms with Gasteiger partial charge in [0, 0.05) is 23.6 Å². The summed E-state index contributed by atoms with van der Waals surface area (Å²) in [5, 5.41) is 10.9. The SMILES string of the molecule is COc1ccc(C2/C(=C(\O)c3ccncc3)C(=O)C(=O)N2c2cccc(C(F)(F)F)c2)cc1. The summed E-state index contributed by atoms with van der Waals surface area (Å²) in [5.74, 6) is -2.01. The lowest BCUT2D eigenvalue weighted by Gasteiger charge is -2.26. The Morgan fingerprint density at radius 1 is 1.03 bits per heavy atom. The molecule has 1 fully saturated rings. The molecule has 0 spiro atoms. The van der Waals surface area contributed by atoms with Crippen molar-refractivity contribution < 1.29 is 32.6 Å². The molecule has 9 heteroatoms. The number of aliphatic hydroxyl groups excluding tert-OH is 1. The molecule has 2 heterocycles. The summed E-state index contributed by atoms with van der Waals surface area (Å²) in [6.07, 6.45) is -1.84. The molecule has 33 heavy (non-hydrogen) atoms. The molecule has 1 amide bonds. The Morgan fingerprint density at radius 3 is 2.30 bits per heavy atom. The first-order valence-corrected chi connectivity index (χ1v) is 9.75. The number of hydrogen-bond donors (Lipinski definition) is 1. The first-order chi connectivity index (χ1) is 15.7. The summed E-state index contributed by atoms with van der Waals surface area (Å²) in [6, 6.07) is 12.2. The summed E-state index contributed by atoms with van der Waals surface area (Å²) in [7, 11) is 1.47. The number of methoxy groups -OCH3 is 1. The van der Waals surface area contributed by atoms with E-state index in [1.165, 1.54) is 37.7 Å². The van der Waals surface area contributed by atoms with Crippen molar-refractivity contribution in [2.45, 2.75) is 12.2 Å². The Morgan fingerprint density at radius 2 is 1.70 bits per heavy atom. The lowest BCUT2D eigenvalue weighted by Crippen LogP contribution is -2.29. The summed E-state index contributed by atoms with van der Waals surface area (Å²) in [5.41, 5.74) is -0.687. The van der Waals surface area contributed by atoms with Crippen LogP contribution in [-0.2, 0) is 15.8 Å². The maximum atomic E-state index is 13.3. The van der Waals surface area contributed by atoms with Crippen molar-refractivity contribution >= 4 is 23.1 Å². The number of amides is 1. The quantitative estimate of drug-likeness (QED) is 0.350. The molecule has 4 rings (SSSR count). The molecule has 6 nitrogen and oxygen atoms in total. The number of anilines is 1. The summed E-state index contributed by atoms with van der Waals surface area (Å²) in [6.45, 7) is 0. The fourth-order valence-electron chi connectivity index (χ4n) is 3.70. The highest BCUT2D eigenvalue weighted by Crippen LogP contribution is 2.43. The molecule has 0 saturated carbocycles. The Kier molecular flexibility index (Phi) is 5.63. The van der Waals surface area contributed by atoms with E-state index in [1.807, 2.05) is 0 Å². The number of ketones is 1. The van der Waals surface area contributed by atoms with Crippen molar-refractivity contribution in [3.63, 3.8) is 0 Å². The minimum absolute atomic E-state index is 0.124. The maximum Gasteiger partial charge on any atom is 0.416 e. The van der Waals surface area contributed by atoms with E-state index in [-0.39, 0.29) is 16.8 Å². The summed E-state index contributed by atoms with van der Waals surface area (Å²) < 4.78 is 45.1. The van der Waals surface area contributed by atoms with Gasteiger partial charge in [-0.3, -0.25) is 19.5 Å². The first kappa shape index (κ1) is 22.1. The third-order valence-corrected chi connectivity index (χ3v) is 5.28. The van der Waals surface area contributed by atoms with E-state index in [9.17, 15) is 27.9 Å². The van der Waals surface area contributed by atoms with Gasteiger partial charge in [0.1, 0.15) is 11.5 Å². The molecule has 1 aromatic heterocycles. The molecule has 0 aliphatic carbocycles. The van der Waals surface area contributed by atoms with Crippen LogP contribution in [-0.4, -0.2) is 28.9 Å². The van der Waals surface area contributed by atoms with E-state index in [0.29, 0.717) is 11.3 Å². The zero-order valence-electron chi connectivity index (χ0n) is 17.2. The van der Waals surface area contributed by atoms with Crippen LogP contribution in [0.4, 0.5) is 18.9 Å². The van der Waals surface area contributed by atoms with E-state index < -0.39 is 35.2 Å². The van der Waals surface area contributed by atoms with Crippen molar-refractivity contribution in [1.29, 1.82) is 0 Å². The number of Topliss-reactive ketones (excluding diaryl/α,β-unsaturated/α-hetero) is 1. The molecule has 1 unspecified atom stereocenters. The second kappa shape index (κ2) is 8.42. The number of carbonyl (C=O) groups excluding carboxylic acids is 2. The minimum atomic E-state index is -4.64. The van der Waals surface area contributed by atoms with Gasteiger partial charge in [-0.05, 0) is 48.0 Å². The Labute approximate surface area is 186 Å². The summed E-state index contributed by atoms with van der Waals surface area (Å²) in [4.78, 5) is 30.9. The Bertz CT molecular complexity index is 1240. The lowest BCUT2D eigenvalue weighted by molar-refractivity contribution is -0.137. The second-order valence-electron chi connectivity index (χ2n) is 7.23. The van der Waals surface area contributed by atoms with Gasteiger partial charge < -0.3 is 9.84 Å². The molecule has 168 valence electrons. The predicted molar refractivity (Wildman–Crippen MR) is 113 cm³/mol. The number of hydrogen-bond acceptors (Lipinski definition) is 5. The monoisotopic (exact) mass is 454 g/mol. The first-order valence-electron chi connectivity index (χ1n) is 9.75. The number of aliphatic hydroxyl groups is 1. The standard InChI is InChI=1S/C24H17F3N2O4/c1-33-18-7-5-14(6-8-18)20-19(21(30)15-9-11-28-12-10-15)22(31)23(32)29(20)17-4-2-3-16(13-17)24(25,26)27/h2-13,20,30H,1H3/b21-19+. The number of halogens is 3. The molecule has 1 aliphatic heterocycles. The zero-order chi connectivity index (χ0) is 23.8. The topological polar surface area (TPSA) is 79.7 Å². The maximum absolute atomic E-state index is 13.3. The number of rotatable bonds is 4.